The van der Waals surface area contributed by atoms with Crippen LogP contribution in [0.4, 0.5) is 0 Å². The molecule has 0 aliphatic heterocycles. The van der Waals surface area contributed by atoms with Crippen molar-refractivity contribution in [3.63, 3.8) is 0 Å². The lowest BCUT2D eigenvalue weighted by Crippen LogP contribution is -2.40. The van der Waals surface area contributed by atoms with Crippen LogP contribution in [0, 0.1) is 10.8 Å². The van der Waals surface area contributed by atoms with E-state index in [4.69, 9.17) is 0 Å². The maximum atomic E-state index is 10.1. The first-order valence-corrected chi connectivity index (χ1v) is 4.96. The van der Waals surface area contributed by atoms with E-state index in [1.54, 1.807) is 0 Å². The summed E-state index contributed by atoms with van der Waals surface area (Å²) in [4.78, 5) is 0. The Kier molecular flexibility index (Phi) is 3.77. The first-order valence-electron chi connectivity index (χ1n) is 4.96. The minimum atomic E-state index is -0.208. The Balaban J connectivity index is 4.47. The highest BCUT2D eigenvalue weighted by Gasteiger charge is 2.36. The SMILES string of the molecule is CCC(C)(C)C(O)C(C)(C)CC. The van der Waals surface area contributed by atoms with Crippen LogP contribution in [0.5, 0.6) is 0 Å². The second-order valence-corrected chi connectivity index (χ2v) is 5.09. The van der Waals surface area contributed by atoms with Crippen LogP contribution in [0.3, 0.4) is 0 Å². The van der Waals surface area contributed by atoms with E-state index in [9.17, 15) is 5.11 Å². The molecule has 0 aliphatic rings. The molecule has 0 aromatic carbocycles. The zero-order chi connectivity index (χ0) is 9.99. The summed E-state index contributed by atoms with van der Waals surface area (Å²) in [6.07, 6.45) is 1.84. The average molecular weight is 172 g/mol. The van der Waals surface area contributed by atoms with Gasteiger partial charge in [-0.15, -0.1) is 0 Å². The molecule has 0 saturated heterocycles. The summed E-state index contributed by atoms with van der Waals surface area (Å²) in [6.45, 7) is 12.8. The molecule has 0 heterocycles. The molecule has 0 bridgehead atoms. The maximum Gasteiger partial charge on any atom is 0.0641 e. The van der Waals surface area contributed by atoms with Crippen molar-refractivity contribution in [1.29, 1.82) is 0 Å². The molecular weight excluding hydrogens is 148 g/mol. The third-order valence-electron chi connectivity index (χ3n) is 3.30. The summed E-state index contributed by atoms with van der Waals surface area (Å²) in [6, 6.07) is 0. The second-order valence-electron chi connectivity index (χ2n) is 5.09. The molecule has 0 aromatic heterocycles. The van der Waals surface area contributed by atoms with Gasteiger partial charge >= 0.3 is 0 Å². The highest BCUT2D eigenvalue weighted by Crippen LogP contribution is 2.38. The first kappa shape index (κ1) is 12.0. The fourth-order valence-electron chi connectivity index (χ4n) is 1.44. The van der Waals surface area contributed by atoms with Crippen LogP contribution in [-0.4, -0.2) is 11.2 Å². The summed E-state index contributed by atoms with van der Waals surface area (Å²) in [7, 11) is 0. The third kappa shape index (κ3) is 2.48. The molecule has 74 valence electrons. The number of aliphatic hydroxyl groups is 1. The predicted octanol–water partition coefficient (Wildman–Crippen LogP) is 3.22. The van der Waals surface area contributed by atoms with Gasteiger partial charge < -0.3 is 5.11 Å². The van der Waals surface area contributed by atoms with Crippen molar-refractivity contribution in [2.75, 3.05) is 0 Å². The molecule has 0 spiro atoms. The molecule has 0 atom stereocenters. The van der Waals surface area contributed by atoms with Crippen LogP contribution in [-0.2, 0) is 0 Å². The van der Waals surface area contributed by atoms with Gasteiger partial charge in [0, 0.05) is 0 Å². The highest BCUT2D eigenvalue weighted by atomic mass is 16.3. The van der Waals surface area contributed by atoms with Gasteiger partial charge in [0.2, 0.25) is 0 Å². The van der Waals surface area contributed by atoms with Crippen LogP contribution in [0.25, 0.3) is 0 Å². The molecule has 0 saturated carbocycles. The molecule has 0 aliphatic carbocycles. The Labute approximate surface area is 77.2 Å². The van der Waals surface area contributed by atoms with E-state index < -0.39 is 0 Å². The van der Waals surface area contributed by atoms with Crippen LogP contribution >= 0.6 is 0 Å². The van der Waals surface area contributed by atoms with E-state index in [0.29, 0.717) is 0 Å². The molecule has 1 nitrogen and oxygen atoms in total. The average Bonchev–Trinajstić information content (AvgIpc) is 2.03. The van der Waals surface area contributed by atoms with E-state index >= 15 is 0 Å². The van der Waals surface area contributed by atoms with Gasteiger partial charge in [0.05, 0.1) is 6.10 Å². The fraction of sp³-hybridized carbons (Fsp3) is 1.00. The number of aliphatic hydroxyl groups excluding tert-OH is 1. The Morgan fingerprint density at radius 3 is 1.33 bits per heavy atom. The molecule has 1 heteroatoms. The summed E-state index contributed by atoms with van der Waals surface area (Å²) in [5.74, 6) is 0. The minimum absolute atomic E-state index is 0.0412. The number of hydrogen-bond acceptors (Lipinski definition) is 1. The molecule has 1 N–H and O–H groups in total. The molecule has 0 radical (unpaired) electrons. The van der Waals surface area contributed by atoms with Crippen LogP contribution in [0.1, 0.15) is 54.4 Å². The van der Waals surface area contributed by atoms with Crippen molar-refractivity contribution in [2.24, 2.45) is 10.8 Å². The predicted molar refractivity (Wildman–Crippen MR) is 54.2 cm³/mol. The van der Waals surface area contributed by atoms with E-state index in [1.807, 2.05) is 0 Å². The van der Waals surface area contributed by atoms with Crippen LogP contribution < -0.4 is 0 Å². The molecule has 0 fully saturated rings. The van der Waals surface area contributed by atoms with Crippen molar-refractivity contribution in [3.8, 4) is 0 Å². The van der Waals surface area contributed by atoms with Crippen molar-refractivity contribution in [3.05, 3.63) is 0 Å². The Bertz CT molecular complexity index is 120. The largest absolute Gasteiger partial charge is 0.392 e. The van der Waals surface area contributed by atoms with Gasteiger partial charge in [0.15, 0.2) is 0 Å². The zero-order valence-corrected chi connectivity index (χ0v) is 9.44. The van der Waals surface area contributed by atoms with E-state index in [2.05, 4.69) is 41.5 Å². The van der Waals surface area contributed by atoms with Gasteiger partial charge in [-0.05, 0) is 23.7 Å². The maximum absolute atomic E-state index is 10.1. The molecule has 0 amide bonds. The van der Waals surface area contributed by atoms with Crippen LogP contribution in [0.15, 0.2) is 0 Å². The van der Waals surface area contributed by atoms with Crippen molar-refractivity contribution < 1.29 is 5.11 Å². The monoisotopic (exact) mass is 172 g/mol. The van der Waals surface area contributed by atoms with Gasteiger partial charge in [-0.25, -0.2) is 0 Å². The van der Waals surface area contributed by atoms with Crippen molar-refractivity contribution >= 4 is 0 Å². The lowest BCUT2D eigenvalue weighted by molar-refractivity contribution is -0.0444. The Morgan fingerprint density at radius 2 is 1.17 bits per heavy atom. The topological polar surface area (TPSA) is 20.2 Å². The smallest absolute Gasteiger partial charge is 0.0641 e. The number of hydrogen-bond donors (Lipinski definition) is 1. The molecule has 0 unspecified atom stereocenters. The van der Waals surface area contributed by atoms with Gasteiger partial charge in [0.1, 0.15) is 0 Å². The molecular formula is C11H24O. The zero-order valence-electron chi connectivity index (χ0n) is 9.44. The fourth-order valence-corrected chi connectivity index (χ4v) is 1.44. The third-order valence-corrected chi connectivity index (χ3v) is 3.30. The van der Waals surface area contributed by atoms with Crippen LogP contribution in [0.2, 0.25) is 0 Å². The molecule has 12 heavy (non-hydrogen) atoms. The minimum Gasteiger partial charge on any atom is -0.392 e. The standard InChI is InChI=1S/C11H24O/c1-7-10(3,4)9(12)11(5,6)8-2/h9,12H,7-8H2,1-6H3. The molecule has 0 rings (SSSR count). The summed E-state index contributed by atoms with van der Waals surface area (Å²) >= 11 is 0. The Hall–Kier alpha value is -0.0400. The van der Waals surface area contributed by atoms with Crippen molar-refractivity contribution in [2.45, 2.75) is 60.5 Å². The lowest BCUT2D eigenvalue weighted by atomic mass is 9.69. The quantitative estimate of drug-likeness (QED) is 0.690. The summed E-state index contributed by atoms with van der Waals surface area (Å²) < 4.78 is 0. The second kappa shape index (κ2) is 3.78. The van der Waals surface area contributed by atoms with E-state index in [0.717, 1.165) is 12.8 Å². The first-order chi connectivity index (χ1) is 5.28. The van der Waals surface area contributed by atoms with Gasteiger partial charge in [-0.2, -0.15) is 0 Å². The summed E-state index contributed by atoms with van der Waals surface area (Å²) in [5, 5.41) is 10.1. The summed E-state index contributed by atoms with van der Waals surface area (Å²) in [5.41, 5.74) is 0.0824. The number of rotatable bonds is 4. The lowest BCUT2D eigenvalue weighted by Gasteiger charge is -2.40. The molecule has 0 aromatic rings. The van der Waals surface area contributed by atoms with Gasteiger partial charge in [-0.3, -0.25) is 0 Å². The van der Waals surface area contributed by atoms with E-state index in [1.165, 1.54) is 0 Å². The van der Waals surface area contributed by atoms with Crippen molar-refractivity contribution in [1.82, 2.24) is 0 Å². The Morgan fingerprint density at radius 1 is 0.917 bits per heavy atom. The van der Waals surface area contributed by atoms with E-state index in [-0.39, 0.29) is 16.9 Å². The van der Waals surface area contributed by atoms with Gasteiger partial charge in [0.25, 0.3) is 0 Å². The normalized spacial score (nSPS) is 14.0. The van der Waals surface area contributed by atoms with Gasteiger partial charge in [-0.1, -0.05) is 41.5 Å². The highest BCUT2D eigenvalue weighted by molar-refractivity contribution is 4.87.